The van der Waals surface area contributed by atoms with Gasteiger partial charge in [-0.3, -0.25) is 4.79 Å². The van der Waals surface area contributed by atoms with Gasteiger partial charge in [-0.2, -0.15) is 5.26 Å². The van der Waals surface area contributed by atoms with Crippen LogP contribution in [0.15, 0.2) is 18.2 Å². The van der Waals surface area contributed by atoms with Crippen LogP contribution in [-0.4, -0.2) is 24.5 Å². The van der Waals surface area contributed by atoms with Crippen LogP contribution in [0.1, 0.15) is 30.9 Å². The number of amides is 1. The molecule has 100 valence electrons. The van der Waals surface area contributed by atoms with Gasteiger partial charge in [-0.1, -0.05) is 19.4 Å². The van der Waals surface area contributed by atoms with Gasteiger partial charge in [0.1, 0.15) is 11.8 Å². The maximum absolute atomic E-state index is 11.9. The third-order valence-corrected chi connectivity index (χ3v) is 3.63. The minimum atomic E-state index is 0.218. The van der Waals surface area contributed by atoms with Crippen molar-refractivity contribution in [1.82, 2.24) is 4.90 Å². The van der Waals surface area contributed by atoms with Gasteiger partial charge in [0.2, 0.25) is 5.91 Å². The molecule has 1 atom stereocenters. The zero-order valence-electron chi connectivity index (χ0n) is 11.3. The molecule has 0 bridgehead atoms. The van der Waals surface area contributed by atoms with Gasteiger partial charge in [0.25, 0.3) is 0 Å². The number of nitrogens with zero attached hydrogens (tertiary/aromatic N) is 2. The van der Waals surface area contributed by atoms with Crippen LogP contribution in [0.2, 0.25) is 0 Å². The summed E-state index contributed by atoms with van der Waals surface area (Å²) in [5.41, 5.74) is 1.52. The first-order valence-electron chi connectivity index (χ1n) is 6.52. The predicted molar refractivity (Wildman–Crippen MR) is 71.5 cm³/mol. The van der Waals surface area contributed by atoms with E-state index in [1.807, 2.05) is 17.0 Å². The molecule has 2 rings (SSSR count). The number of carbonyl (C=O) groups is 1. The molecular formula is C15H18N2O2. The fraction of sp³-hybridized carbons (Fsp3) is 0.467. The summed E-state index contributed by atoms with van der Waals surface area (Å²) in [6, 6.07) is 7.55. The molecule has 0 radical (unpaired) electrons. The Bertz CT molecular complexity index is 519. The number of likely N-dealkylation sites (tertiary alicyclic amines) is 1. The van der Waals surface area contributed by atoms with Gasteiger partial charge in [0, 0.05) is 19.5 Å². The molecule has 1 saturated heterocycles. The normalized spacial score (nSPS) is 18.5. The molecule has 0 N–H and O–H groups in total. The average Bonchev–Trinajstić information content (AvgIpc) is 2.79. The summed E-state index contributed by atoms with van der Waals surface area (Å²) in [5, 5.41) is 8.94. The van der Waals surface area contributed by atoms with Gasteiger partial charge in [-0.05, 0) is 23.6 Å². The number of hydrogen-bond donors (Lipinski definition) is 0. The lowest BCUT2D eigenvalue weighted by atomic mass is 10.1. The van der Waals surface area contributed by atoms with Crippen LogP contribution >= 0.6 is 0 Å². The van der Waals surface area contributed by atoms with E-state index in [9.17, 15) is 4.79 Å². The number of nitriles is 1. The minimum absolute atomic E-state index is 0.218. The second kappa shape index (κ2) is 5.75. The van der Waals surface area contributed by atoms with E-state index in [2.05, 4.69) is 13.0 Å². The maximum Gasteiger partial charge on any atom is 0.223 e. The van der Waals surface area contributed by atoms with Crippen LogP contribution < -0.4 is 4.74 Å². The second-order valence-corrected chi connectivity index (χ2v) is 4.90. The number of ether oxygens (including phenoxy) is 1. The Labute approximate surface area is 113 Å². The molecule has 19 heavy (non-hydrogen) atoms. The summed E-state index contributed by atoms with van der Waals surface area (Å²) < 4.78 is 5.18. The summed E-state index contributed by atoms with van der Waals surface area (Å²) in [7, 11) is 1.55. The highest BCUT2D eigenvalue weighted by Gasteiger charge is 2.28. The summed E-state index contributed by atoms with van der Waals surface area (Å²) in [6.45, 7) is 3.54. The molecule has 0 saturated carbocycles. The number of hydrogen-bond acceptors (Lipinski definition) is 3. The Morgan fingerprint density at radius 3 is 2.89 bits per heavy atom. The van der Waals surface area contributed by atoms with E-state index >= 15 is 0 Å². The Kier molecular flexibility index (Phi) is 4.06. The molecule has 1 heterocycles. The number of rotatable bonds is 4. The molecule has 1 aromatic carbocycles. The van der Waals surface area contributed by atoms with E-state index in [-0.39, 0.29) is 5.91 Å². The molecule has 1 unspecified atom stereocenters. The maximum atomic E-state index is 11.9. The topological polar surface area (TPSA) is 53.3 Å². The zero-order valence-corrected chi connectivity index (χ0v) is 11.3. The Hall–Kier alpha value is -2.02. The van der Waals surface area contributed by atoms with Crippen LogP contribution in [0.3, 0.4) is 0 Å². The van der Waals surface area contributed by atoms with Gasteiger partial charge < -0.3 is 9.64 Å². The van der Waals surface area contributed by atoms with E-state index in [1.54, 1.807) is 13.2 Å². The third-order valence-electron chi connectivity index (χ3n) is 3.63. The SMILES string of the molecule is CCC1CC(=O)N(Cc2ccc(C#N)c(OC)c2)C1. The first-order chi connectivity index (χ1) is 9.17. The lowest BCUT2D eigenvalue weighted by Crippen LogP contribution is -2.24. The first kappa shape index (κ1) is 13.4. The van der Waals surface area contributed by atoms with Crippen LogP contribution in [0.5, 0.6) is 5.75 Å². The molecular weight excluding hydrogens is 240 g/mol. The van der Waals surface area contributed by atoms with Gasteiger partial charge >= 0.3 is 0 Å². The van der Waals surface area contributed by atoms with Crippen LogP contribution in [-0.2, 0) is 11.3 Å². The third kappa shape index (κ3) is 2.87. The fourth-order valence-corrected chi connectivity index (χ4v) is 2.43. The van der Waals surface area contributed by atoms with Crippen molar-refractivity contribution in [3.05, 3.63) is 29.3 Å². The lowest BCUT2D eigenvalue weighted by molar-refractivity contribution is -0.128. The monoisotopic (exact) mass is 258 g/mol. The summed E-state index contributed by atoms with van der Waals surface area (Å²) in [5.74, 6) is 1.27. The molecule has 1 aromatic rings. The molecule has 1 fully saturated rings. The van der Waals surface area contributed by atoms with E-state index < -0.39 is 0 Å². The Balaban J connectivity index is 2.12. The van der Waals surface area contributed by atoms with Gasteiger partial charge in [-0.15, -0.1) is 0 Å². The highest BCUT2D eigenvalue weighted by atomic mass is 16.5. The fourth-order valence-electron chi connectivity index (χ4n) is 2.43. The van der Waals surface area contributed by atoms with E-state index in [0.29, 0.717) is 30.2 Å². The van der Waals surface area contributed by atoms with E-state index in [4.69, 9.17) is 10.00 Å². The zero-order chi connectivity index (χ0) is 13.8. The van der Waals surface area contributed by atoms with Crippen molar-refractivity contribution in [2.45, 2.75) is 26.3 Å². The highest BCUT2D eigenvalue weighted by Crippen LogP contribution is 2.25. The van der Waals surface area contributed by atoms with Crippen molar-refractivity contribution < 1.29 is 9.53 Å². The summed E-state index contributed by atoms with van der Waals surface area (Å²) in [6.07, 6.45) is 1.70. The van der Waals surface area contributed by atoms with Gasteiger partial charge in [-0.25, -0.2) is 0 Å². The smallest absolute Gasteiger partial charge is 0.223 e. The average molecular weight is 258 g/mol. The molecule has 0 spiro atoms. The van der Waals surface area contributed by atoms with E-state index in [0.717, 1.165) is 18.5 Å². The largest absolute Gasteiger partial charge is 0.495 e. The minimum Gasteiger partial charge on any atom is -0.495 e. The molecule has 1 aliphatic rings. The van der Waals surface area contributed by atoms with Crippen molar-refractivity contribution in [2.24, 2.45) is 5.92 Å². The predicted octanol–water partition coefficient (Wildman–Crippen LogP) is 2.33. The Morgan fingerprint density at radius 1 is 1.53 bits per heavy atom. The molecule has 0 aliphatic carbocycles. The quantitative estimate of drug-likeness (QED) is 0.832. The molecule has 1 aliphatic heterocycles. The number of methoxy groups -OCH3 is 1. The molecule has 1 amide bonds. The van der Waals surface area contributed by atoms with Crippen LogP contribution in [0.4, 0.5) is 0 Å². The van der Waals surface area contributed by atoms with Crippen molar-refractivity contribution in [3.8, 4) is 11.8 Å². The van der Waals surface area contributed by atoms with Crippen molar-refractivity contribution in [2.75, 3.05) is 13.7 Å². The van der Waals surface area contributed by atoms with Gasteiger partial charge in [0.15, 0.2) is 0 Å². The van der Waals surface area contributed by atoms with E-state index in [1.165, 1.54) is 0 Å². The van der Waals surface area contributed by atoms with Crippen LogP contribution in [0, 0.1) is 17.2 Å². The Morgan fingerprint density at radius 2 is 2.32 bits per heavy atom. The summed E-state index contributed by atoms with van der Waals surface area (Å²) in [4.78, 5) is 13.8. The van der Waals surface area contributed by atoms with Crippen molar-refractivity contribution in [1.29, 1.82) is 5.26 Å². The van der Waals surface area contributed by atoms with Crippen LogP contribution in [0.25, 0.3) is 0 Å². The first-order valence-corrected chi connectivity index (χ1v) is 6.52. The molecule has 4 heteroatoms. The van der Waals surface area contributed by atoms with Crippen molar-refractivity contribution in [3.63, 3.8) is 0 Å². The standard InChI is InChI=1S/C15H18N2O2/c1-3-11-7-15(18)17(9-11)10-12-4-5-13(8-16)14(6-12)19-2/h4-6,11H,3,7,9-10H2,1-2H3. The molecule has 0 aromatic heterocycles. The molecule has 4 nitrogen and oxygen atoms in total. The lowest BCUT2D eigenvalue weighted by Gasteiger charge is -2.17. The van der Waals surface area contributed by atoms with Crippen molar-refractivity contribution >= 4 is 5.91 Å². The number of benzene rings is 1. The van der Waals surface area contributed by atoms with Gasteiger partial charge in [0.05, 0.1) is 12.7 Å². The summed E-state index contributed by atoms with van der Waals surface area (Å²) >= 11 is 0. The highest BCUT2D eigenvalue weighted by molar-refractivity contribution is 5.78. The second-order valence-electron chi connectivity index (χ2n) is 4.90. The number of carbonyl (C=O) groups excluding carboxylic acids is 1.